The van der Waals surface area contributed by atoms with E-state index in [1.54, 1.807) is 12.4 Å². The Morgan fingerprint density at radius 1 is 1.26 bits per heavy atom. The van der Waals surface area contributed by atoms with Crippen LogP contribution in [0.25, 0.3) is 0 Å². The van der Waals surface area contributed by atoms with Gasteiger partial charge in [-0.1, -0.05) is 23.7 Å². The average molecular weight is 431 g/mol. The molecule has 0 radical (unpaired) electrons. The Morgan fingerprint density at radius 3 is 2.56 bits per heavy atom. The summed E-state index contributed by atoms with van der Waals surface area (Å²) < 4.78 is 0. The highest BCUT2D eigenvalue weighted by Gasteiger charge is 2.36. The molecule has 0 bridgehead atoms. The number of rotatable bonds is 4. The second kappa shape index (κ2) is 10.3. The summed E-state index contributed by atoms with van der Waals surface area (Å²) in [6.07, 6.45) is 7.07. The lowest BCUT2D eigenvalue weighted by atomic mass is 9.68. The van der Waals surface area contributed by atoms with Crippen molar-refractivity contribution in [3.8, 4) is 0 Å². The van der Waals surface area contributed by atoms with Crippen LogP contribution in [0.1, 0.15) is 47.2 Å². The van der Waals surface area contributed by atoms with Crippen molar-refractivity contribution in [3.63, 3.8) is 0 Å². The van der Waals surface area contributed by atoms with E-state index in [1.807, 2.05) is 31.2 Å². The number of halogens is 3. The third kappa shape index (κ3) is 5.58. The van der Waals surface area contributed by atoms with Gasteiger partial charge in [-0.05, 0) is 61.9 Å². The molecular weight excluding hydrogens is 405 g/mol. The maximum absolute atomic E-state index is 12.4. The number of carbonyl (C=O) groups is 1. The fourth-order valence-corrected chi connectivity index (χ4v) is 3.88. The molecule has 2 aromatic rings. The zero-order chi connectivity index (χ0) is 17.9. The smallest absolute Gasteiger partial charge is 0.253 e. The molecule has 7 heteroatoms. The number of hydrogen-bond donors (Lipinski definition) is 2. The van der Waals surface area contributed by atoms with Crippen LogP contribution in [0.4, 0.5) is 0 Å². The predicted molar refractivity (Wildman–Crippen MR) is 115 cm³/mol. The normalized spacial score (nSPS) is 21.5. The van der Waals surface area contributed by atoms with Gasteiger partial charge in [-0.3, -0.25) is 9.78 Å². The SMILES string of the molecule is Cc1cncc(C(=O)N[C@H]2CC[C@](CN)(c3cccc(Cl)c3)CC2)c1.Cl.Cl. The number of nitrogens with zero attached hydrogens (tertiary/aromatic N) is 1. The van der Waals surface area contributed by atoms with Gasteiger partial charge in [-0.15, -0.1) is 24.8 Å². The van der Waals surface area contributed by atoms with Gasteiger partial charge in [0.2, 0.25) is 0 Å². The number of aromatic nitrogens is 1. The van der Waals surface area contributed by atoms with Crippen molar-refractivity contribution in [1.82, 2.24) is 10.3 Å². The fourth-order valence-electron chi connectivity index (χ4n) is 3.69. The summed E-state index contributed by atoms with van der Waals surface area (Å²) in [6.45, 7) is 2.53. The molecule has 0 saturated heterocycles. The largest absolute Gasteiger partial charge is 0.349 e. The lowest BCUT2D eigenvalue weighted by Crippen LogP contribution is -2.45. The van der Waals surface area contributed by atoms with Crippen LogP contribution in [-0.2, 0) is 5.41 Å². The Bertz CT molecular complexity index is 762. The number of aryl methyl sites for hydroxylation is 1. The quantitative estimate of drug-likeness (QED) is 0.752. The summed E-state index contributed by atoms with van der Waals surface area (Å²) >= 11 is 6.16. The minimum absolute atomic E-state index is 0. The van der Waals surface area contributed by atoms with Crippen molar-refractivity contribution in [2.24, 2.45) is 5.73 Å². The lowest BCUT2D eigenvalue weighted by molar-refractivity contribution is 0.0917. The van der Waals surface area contributed by atoms with Crippen LogP contribution < -0.4 is 11.1 Å². The van der Waals surface area contributed by atoms with Crippen LogP contribution >= 0.6 is 36.4 Å². The first-order valence-electron chi connectivity index (χ1n) is 8.71. The fraction of sp³-hybridized carbons (Fsp3) is 0.400. The molecule has 1 amide bonds. The monoisotopic (exact) mass is 429 g/mol. The molecule has 4 nitrogen and oxygen atoms in total. The predicted octanol–water partition coefficient (Wildman–Crippen LogP) is 4.46. The number of benzene rings is 1. The van der Waals surface area contributed by atoms with E-state index in [2.05, 4.69) is 16.4 Å². The summed E-state index contributed by atoms with van der Waals surface area (Å²) in [5.41, 5.74) is 8.90. The molecule has 1 aromatic heterocycles. The second-order valence-electron chi connectivity index (χ2n) is 6.99. The number of nitrogens with one attached hydrogen (secondary N) is 1. The third-order valence-corrected chi connectivity index (χ3v) is 5.48. The van der Waals surface area contributed by atoms with E-state index in [0.29, 0.717) is 12.1 Å². The van der Waals surface area contributed by atoms with Crippen molar-refractivity contribution in [2.45, 2.75) is 44.1 Å². The van der Waals surface area contributed by atoms with Crippen LogP contribution in [-0.4, -0.2) is 23.5 Å². The number of nitrogens with two attached hydrogens (primary N) is 1. The van der Waals surface area contributed by atoms with Crippen LogP contribution in [0.2, 0.25) is 5.02 Å². The van der Waals surface area contributed by atoms with Gasteiger partial charge in [0.05, 0.1) is 5.56 Å². The van der Waals surface area contributed by atoms with Gasteiger partial charge in [0.15, 0.2) is 0 Å². The Morgan fingerprint density at radius 2 is 1.96 bits per heavy atom. The van der Waals surface area contributed by atoms with Crippen molar-refractivity contribution in [2.75, 3.05) is 6.54 Å². The zero-order valence-corrected chi connectivity index (χ0v) is 17.7. The molecule has 0 atom stereocenters. The van der Waals surface area contributed by atoms with E-state index >= 15 is 0 Å². The molecule has 1 aliphatic carbocycles. The Labute approximate surface area is 178 Å². The van der Waals surface area contributed by atoms with E-state index < -0.39 is 0 Å². The van der Waals surface area contributed by atoms with E-state index in [0.717, 1.165) is 36.3 Å². The number of amides is 1. The van der Waals surface area contributed by atoms with E-state index in [1.165, 1.54) is 5.56 Å². The zero-order valence-electron chi connectivity index (χ0n) is 15.3. The van der Waals surface area contributed by atoms with Gasteiger partial charge in [-0.2, -0.15) is 0 Å². The first-order chi connectivity index (χ1) is 12.0. The molecule has 3 rings (SSSR count). The second-order valence-corrected chi connectivity index (χ2v) is 7.43. The average Bonchev–Trinajstić information content (AvgIpc) is 2.62. The highest BCUT2D eigenvalue weighted by molar-refractivity contribution is 6.30. The summed E-state index contributed by atoms with van der Waals surface area (Å²) in [5.74, 6) is -0.0517. The molecular formula is C20H26Cl3N3O. The minimum atomic E-state index is -0.0517. The molecule has 0 unspecified atom stereocenters. The maximum atomic E-state index is 12.4. The molecule has 27 heavy (non-hydrogen) atoms. The molecule has 1 fully saturated rings. The van der Waals surface area contributed by atoms with Gasteiger partial charge >= 0.3 is 0 Å². The Balaban J connectivity index is 0.00000182. The molecule has 1 aromatic carbocycles. The highest BCUT2D eigenvalue weighted by atomic mass is 35.5. The van der Waals surface area contributed by atoms with Crippen LogP contribution in [0.15, 0.2) is 42.7 Å². The van der Waals surface area contributed by atoms with E-state index in [9.17, 15) is 4.79 Å². The molecule has 0 spiro atoms. The minimum Gasteiger partial charge on any atom is -0.349 e. The van der Waals surface area contributed by atoms with Crippen LogP contribution in [0, 0.1) is 6.92 Å². The number of hydrogen-bond acceptors (Lipinski definition) is 3. The first kappa shape index (κ1) is 23.7. The Hall–Kier alpha value is -1.33. The van der Waals surface area contributed by atoms with Crippen molar-refractivity contribution in [1.29, 1.82) is 0 Å². The van der Waals surface area contributed by atoms with Crippen molar-refractivity contribution < 1.29 is 4.79 Å². The summed E-state index contributed by atoms with van der Waals surface area (Å²) in [4.78, 5) is 16.5. The van der Waals surface area contributed by atoms with Gasteiger partial charge in [-0.25, -0.2) is 0 Å². The summed E-state index contributed by atoms with van der Waals surface area (Å²) in [5, 5.41) is 3.88. The van der Waals surface area contributed by atoms with Crippen LogP contribution in [0.3, 0.4) is 0 Å². The summed E-state index contributed by atoms with van der Waals surface area (Å²) in [7, 11) is 0. The van der Waals surface area contributed by atoms with Crippen molar-refractivity contribution in [3.05, 3.63) is 64.4 Å². The molecule has 1 aliphatic rings. The van der Waals surface area contributed by atoms with Gasteiger partial charge in [0.25, 0.3) is 5.91 Å². The Kier molecular flexibility index (Phi) is 9.03. The van der Waals surface area contributed by atoms with Crippen molar-refractivity contribution >= 4 is 42.3 Å². The van der Waals surface area contributed by atoms with Gasteiger partial charge in [0.1, 0.15) is 0 Å². The number of pyridine rings is 1. The first-order valence-corrected chi connectivity index (χ1v) is 9.09. The molecule has 1 heterocycles. The topological polar surface area (TPSA) is 68.0 Å². The molecule has 0 aliphatic heterocycles. The summed E-state index contributed by atoms with van der Waals surface area (Å²) in [6, 6.07) is 10.0. The molecule has 1 saturated carbocycles. The van der Waals surface area contributed by atoms with Gasteiger partial charge < -0.3 is 11.1 Å². The lowest BCUT2D eigenvalue weighted by Gasteiger charge is -2.40. The van der Waals surface area contributed by atoms with E-state index in [-0.39, 0.29) is 42.2 Å². The molecule has 148 valence electrons. The maximum Gasteiger partial charge on any atom is 0.253 e. The highest BCUT2D eigenvalue weighted by Crippen LogP contribution is 2.39. The van der Waals surface area contributed by atoms with Gasteiger partial charge in [0, 0.05) is 35.4 Å². The number of carbonyl (C=O) groups excluding carboxylic acids is 1. The third-order valence-electron chi connectivity index (χ3n) is 5.24. The van der Waals surface area contributed by atoms with Crippen LogP contribution in [0.5, 0.6) is 0 Å². The van der Waals surface area contributed by atoms with E-state index in [4.69, 9.17) is 17.3 Å². The standard InChI is InChI=1S/C20H24ClN3O.2ClH/c1-14-9-15(12-23-11-14)19(25)24-18-5-7-20(13-22,8-6-18)16-3-2-4-17(21)10-16;;/h2-4,9-12,18H,5-8,13,22H2,1H3,(H,24,25);2*1H/t18-,20-;;. The molecule has 3 N–H and O–H groups in total.